The van der Waals surface area contributed by atoms with Crippen LogP contribution in [0, 0.1) is 11.8 Å². The highest BCUT2D eigenvalue weighted by molar-refractivity contribution is 5.78. The summed E-state index contributed by atoms with van der Waals surface area (Å²) in [5.74, 6) is 1.06. The molecule has 1 aromatic rings. The minimum absolute atomic E-state index is 0.183. The molecule has 1 saturated carbocycles. The molecule has 1 saturated heterocycles. The molecule has 4 unspecified atom stereocenters. The number of carbonyl (C=O) groups excluding carboxylic acids is 1. The van der Waals surface area contributed by atoms with Crippen LogP contribution in [0.15, 0.2) is 30.3 Å². The van der Waals surface area contributed by atoms with Crippen molar-refractivity contribution in [2.24, 2.45) is 11.8 Å². The van der Waals surface area contributed by atoms with E-state index < -0.39 is 0 Å². The van der Waals surface area contributed by atoms with Crippen LogP contribution in [0.3, 0.4) is 0 Å². The molecule has 0 bridgehead atoms. The second-order valence-electron chi connectivity index (χ2n) is 7.67. The molecule has 4 heteroatoms. The average molecular weight is 330 g/mol. The molecule has 1 aliphatic carbocycles. The predicted octanol–water partition coefficient (Wildman–Crippen LogP) is 2.56. The van der Waals surface area contributed by atoms with Crippen LogP contribution in [-0.4, -0.2) is 41.1 Å². The lowest BCUT2D eigenvalue weighted by Gasteiger charge is -2.28. The van der Waals surface area contributed by atoms with Gasteiger partial charge in [0, 0.05) is 31.6 Å². The second kappa shape index (κ2) is 8.13. The van der Waals surface area contributed by atoms with Gasteiger partial charge in [0.05, 0.1) is 6.10 Å². The van der Waals surface area contributed by atoms with Gasteiger partial charge in [0.15, 0.2) is 0 Å². The Morgan fingerprint density at radius 1 is 1.25 bits per heavy atom. The van der Waals surface area contributed by atoms with Crippen LogP contribution >= 0.6 is 0 Å². The molecule has 2 N–H and O–H groups in total. The number of benzene rings is 1. The Morgan fingerprint density at radius 3 is 2.79 bits per heavy atom. The number of amides is 1. The van der Waals surface area contributed by atoms with Crippen LogP contribution in [0.2, 0.25) is 0 Å². The zero-order valence-electron chi connectivity index (χ0n) is 14.7. The third-order valence-electron chi connectivity index (χ3n) is 5.55. The van der Waals surface area contributed by atoms with E-state index in [0.717, 1.165) is 25.8 Å². The monoisotopic (exact) mass is 330 g/mol. The van der Waals surface area contributed by atoms with E-state index in [1.807, 2.05) is 18.2 Å². The van der Waals surface area contributed by atoms with Crippen molar-refractivity contribution < 1.29 is 9.90 Å². The highest BCUT2D eigenvalue weighted by atomic mass is 16.3. The zero-order valence-corrected chi connectivity index (χ0v) is 14.7. The molecule has 3 rings (SSSR count). The Hall–Kier alpha value is -1.39. The largest absolute Gasteiger partial charge is 0.392 e. The van der Waals surface area contributed by atoms with E-state index >= 15 is 0 Å². The van der Waals surface area contributed by atoms with Crippen molar-refractivity contribution in [3.05, 3.63) is 35.9 Å². The van der Waals surface area contributed by atoms with Crippen molar-refractivity contribution in [2.75, 3.05) is 13.1 Å². The number of nitrogens with zero attached hydrogens (tertiary/aromatic N) is 1. The summed E-state index contributed by atoms with van der Waals surface area (Å²) in [7, 11) is 0. The van der Waals surface area contributed by atoms with E-state index in [0.29, 0.717) is 19.0 Å². The van der Waals surface area contributed by atoms with Gasteiger partial charge in [-0.3, -0.25) is 9.69 Å². The van der Waals surface area contributed by atoms with Gasteiger partial charge >= 0.3 is 0 Å². The first-order chi connectivity index (χ1) is 11.6. The van der Waals surface area contributed by atoms with Crippen LogP contribution in [0.25, 0.3) is 0 Å². The molecule has 2 aliphatic rings. The lowest BCUT2D eigenvalue weighted by molar-refractivity contribution is -0.126. The van der Waals surface area contributed by atoms with Gasteiger partial charge in [0.25, 0.3) is 0 Å². The second-order valence-corrected chi connectivity index (χ2v) is 7.67. The third kappa shape index (κ3) is 4.58. The Labute approximate surface area is 145 Å². The maximum atomic E-state index is 12.5. The number of rotatable bonds is 5. The van der Waals surface area contributed by atoms with Crippen LogP contribution in [-0.2, 0) is 11.3 Å². The number of hydrogen-bond donors (Lipinski definition) is 2. The fraction of sp³-hybridized carbons (Fsp3) is 0.650. The summed E-state index contributed by atoms with van der Waals surface area (Å²) in [5.41, 5.74) is 1.25. The quantitative estimate of drug-likeness (QED) is 0.872. The molecule has 0 spiro atoms. The summed E-state index contributed by atoms with van der Waals surface area (Å²) in [6, 6.07) is 10.6. The summed E-state index contributed by atoms with van der Waals surface area (Å²) in [6.07, 6.45) is 4.92. The minimum Gasteiger partial charge on any atom is -0.392 e. The summed E-state index contributed by atoms with van der Waals surface area (Å²) >= 11 is 0. The van der Waals surface area contributed by atoms with Crippen LogP contribution in [0.5, 0.6) is 0 Å². The van der Waals surface area contributed by atoms with Gasteiger partial charge in [-0.05, 0) is 30.7 Å². The molecule has 1 aliphatic heterocycles. The Morgan fingerprint density at radius 2 is 2.04 bits per heavy atom. The van der Waals surface area contributed by atoms with Crippen molar-refractivity contribution in [2.45, 2.75) is 57.7 Å². The van der Waals surface area contributed by atoms with Gasteiger partial charge in [0.2, 0.25) is 5.91 Å². The van der Waals surface area contributed by atoms with Gasteiger partial charge in [-0.25, -0.2) is 0 Å². The topological polar surface area (TPSA) is 52.6 Å². The molecule has 4 nitrogen and oxygen atoms in total. The number of nitrogens with one attached hydrogen (secondary N) is 1. The molecule has 1 amide bonds. The van der Waals surface area contributed by atoms with E-state index in [9.17, 15) is 9.90 Å². The molecule has 24 heavy (non-hydrogen) atoms. The molecule has 0 radical (unpaired) electrons. The van der Waals surface area contributed by atoms with Crippen LogP contribution in [0.1, 0.15) is 44.6 Å². The molecule has 4 atom stereocenters. The van der Waals surface area contributed by atoms with Crippen LogP contribution < -0.4 is 5.32 Å². The van der Waals surface area contributed by atoms with Crippen molar-refractivity contribution in [1.29, 1.82) is 0 Å². The van der Waals surface area contributed by atoms with Crippen molar-refractivity contribution in [3.8, 4) is 0 Å². The zero-order chi connectivity index (χ0) is 16.9. The Kier molecular flexibility index (Phi) is 5.90. The summed E-state index contributed by atoms with van der Waals surface area (Å²) in [4.78, 5) is 14.8. The van der Waals surface area contributed by atoms with E-state index in [4.69, 9.17) is 0 Å². The summed E-state index contributed by atoms with van der Waals surface area (Å²) in [5, 5.41) is 13.2. The van der Waals surface area contributed by atoms with E-state index in [-0.39, 0.29) is 24.0 Å². The number of aliphatic hydroxyl groups excluding tert-OH is 1. The first kappa shape index (κ1) is 17.4. The highest BCUT2D eigenvalue weighted by Gasteiger charge is 2.32. The Balaban J connectivity index is 1.52. The summed E-state index contributed by atoms with van der Waals surface area (Å²) < 4.78 is 0. The SMILES string of the molecule is CC1CCCC(C(=O)NCC2CC(O)CN2Cc2ccccc2)C1. The third-order valence-corrected chi connectivity index (χ3v) is 5.55. The standard InChI is InChI=1S/C20H30N2O2/c1-15-6-5-9-17(10-15)20(24)21-12-18-11-19(23)14-22(18)13-16-7-3-2-4-8-16/h2-4,7-8,15,17-19,23H,5-6,9-14H2,1H3,(H,21,24). The summed E-state index contributed by atoms with van der Waals surface area (Å²) in [6.45, 7) is 4.41. The molecule has 1 heterocycles. The molecule has 0 aromatic heterocycles. The molecule has 2 fully saturated rings. The van der Waals surface area contributed by atoms with Gasteiger partial charge in [-0.2, -0.15) is 0 Å². The van der Waals surface area contributed by atoms with E-state index in [2.05, 4.69) is 29.3 Å². The number of aliphatic hydroxyl groups is 1. The number of β-amino-alcohol motifs (C(OH)–C–C–N with tert-alkyl or cyclic N) is 1. The molecule has 132 valence electrons. The lowest BCUT2D eigenvalue weighted by Crippen LogP contribution is -2.42. The van der Waals surface area contributed by atoms with E-state index in [1.54, 1.807) is 0 Å². The van der Waals surface area contributed by atoms with Crippen LogP contribution in [0.4, 0.5) is 0 Å². The van der Waals surface area contributed by atoms with Gasteiger partial charge in [0.1, 0.15) is 0 Å². The first-order valence-electron chi connectivity index (χ1n) is 9.35. The van der Waals surface area contributed by atoms with Crippen molar-refractivity contribution in [3.63, 3.8) is 0 Å². The van der Waals surface area contributed by atoms with Crippen molar-refractivity contribution >= 4 is 5.91 Å². The van der Waals surface area contributed by atoms with Gasteiger partial charge in [-0.15, -0.1) is 0 Å². The lowest BCUT2D eigenvalue weighted by atomic mass is 9.82. The Bertz CT molecular complexity index is 534. The fourth-order valence-corrected chi connectivity index (χ4v) is 4.22. The maximum Gasteiger partial charge on any atom is 0.223 e. The fourth-order valence-electron chi connectivity index (χ4n) is 4.22. The number of carbonyl (C=O) groups is 1. The first-order valence-corrected chi connectivity index (χ1v) is 9.35. The van der Waals surface area contributed by atoms with Gasteiger partial charge in [-0.1, -0.05) is 50.1 Å². The molecular formula is C20H30N2O2. The molecule has 1 aromatic carbocycles. The maximum absolute atomic E-state index is 12.5. The van der Waals surface area contributed by atoms with Gasteiger partial charge < -0.3 is 10.4 Å². The number of hydrogen-bond acceptors (Lipinski definition) is 3. The predicted molar refractivity (Wildman–Crippen MR) is 95.4 cm³/mol. The number of likely N-dealkylation sites (tertiary alicyclic amines) is 1. The minimum atomic E-state index is -0.287. The average Bonchev–Trinajstić information content (AvgIpc) is 2.93. The smallest absolute Gasteiger partial charge is 0.223 e. The highest BCUT2D eigenvalue weighted by Crippen LogP contribution is 2.28. The normalized spacial score (nSPS) is 31.1. The van der Waals surface area contributed by atoms with Crippen molar-refractivity contribution in [1.82, 2.24) is 10.2 Å². The molecular weight excluding hydrogens is 300 g/mol. The van der Waals surface area contributed by atoms with E-state index in [1.165, 1.54) is 18.4 Å².